The fraction of sp³-hybridized carbons (Fsp3) is 0.500. The number of benzene rings is 1. The van der Waals surface area contributed by atoms with Gasteiger partial charge in [-0.2, -0.15) is 0 Å². The molecule has 0 aliphatic heterocycles. The van der Waals surface area contributed by atoms with Crippen LogP contribution in [-0.2, 0) is 0 Å². The molecule has 0 aliphatic rings. The highest BCUT2D eigenvalue weighted by atomic mass is 32.2. The lowest BCUT2D eigenvalue weighted by atomic mass is 10.0. The van der Waals surface area contributed by atoms with E-state index in [2.05, 4.69) is 0 Å². The third kappa shape index (κ3) is 5.30. The molecule has 0 spiro atoms. The van der Waals surface area contributed by atoms with Gasteiger partial charge in [0.1, 0.15) is 6.17 Å². The smallest absolute Gasteiger partial charge is 0.282 e. The second kappa shape index (κ2) is 7.77. The quantitative estimate of drug-likeness (QED) is 0.680. The second-order valence-electron chi connectivity index (χ2n) is 4.54. The van der Waals surface area contributed by atoms with E-state index in [1.807, 2.05) is 0 Å². The van der Waals surface area contributed by atoms with Gasteiger partial charge in [-0.3, -0.25) is 4.79 Å². The van der Waals surface area contributed by atoms with Crippen LogP contribution in [0.1, 0.15) is 23.7 Å². The van der Waals surface area contributed by atoms with Crippen molar-refractivity contribution in [2.24, 2.45) is 0 Å². The molecule has 0 N–H and O–H groups in total. The molecule has 3 atom stereocenters. The summed E-state index contributed by atoms with van der Waals surface area (Å²) in [5.74, 6) is -4.39. The molecule has 0 saturated heterocycles. The van der Waals surface area contributed by atoms with Crippen LogP contribution in [0.25, 0.3) is 0 Å². The average molecular weight is 326 g/mol. The molecule has 0 fully saturated rings. The fourth-order valence-electron chi connectivity index (χ4n) is 1.54. The third-order valence-corrected chi connectivity index (χ3v) is 3.71. The summed E-state index contributed by atoms with van der Waals surface area (Å²) in [7, 11) is 0. The maximum absolute atomic E-state index is 13.4. The van der Waals surface area contributed by atoms with Gasteiger partial charge in [0, 0.05) is 17.7 Å². The molecule has 0 aromatic heterocycles. The van der Waals surface area contributed by atoms with Crippen LogP contribution in [-0.4, -0.2) is 35.3 Å². The van der Waals surface area contributed by atoms with Crippen LogP contribution in [0.3, 0.4) is 0 Å². The average Bonchev–Trinajstić information content (AvgIpc) is 2.46. The Bertz CT molecular complexity index is 452. The van der Waals surface area contributed by atoms with Crippen molar-refractivity contribution >= 4 is 16.9 Å². The minimum atomic E-state index is -4.01. The minimum Gasteiger partial charge on any atom is -0.282 e. The van der Waals surface area contributed by atoms with Crippen LogP contribution in [0.2, 0.25) is 0 Å². The zero-order valence-electron chi connectivity index (χ0n) is 11.2. The number of carbonyl (C=O) groups excluding carboxylic acids is 1. The van der Waals surface area contributed by atoms with Crippen LogP contribution in [0, 0.1) is 0 Å². The van der Waals surface area contributed by atoms with Gasteiger partial charge in [0.05, 0.1) is 0 Å². The minimum absolute atomic E-state index is 0.336. The normalized spacial score (nSPS) is 16.3. The Hall–Kier alpha value is -1.11. The molecule has 3 unspecified atom stereocenters. The lowest BCUT2D eigenvalue weighted by Crippen LogP contribution is -2.41. The predicted molar refractivity (Wildman–Crippen MR) is 73.2 cm³/mol. The van der Waals surface area contributed by atoms with E-state index >= 15 is 0 Å². The largest absolute Gasteiger partial charge is 0.282 e. The van der Waals surface area contributed by atoms with Gasteiger partial charge in [0.2, 0.25) is 5.12 Å². The van der Waals surface area contributed by atoms with Gasteiger partial charge in [0.15, 0.2) is 12.3 Å². The Morgan fingerprint density at radius 3 is 2.29 bits per heavy atom. The first-order chi connectivity index (χ1) is 9.75. The van der Waals surface area contributed by atoms with Crippen molar-refractivity contribution < 1.29 is 26.7 Å². The lowest BCUT2D eigenvalue weighted by Gasteiger charge is -2.23. The van der Waals surface area contributed by atoms with Crippen molar-refractivity contribution in [3.63, 3.8) is 0 Å². The summed E-state index contributed by atoms with van der Waals surface area (Å²) in [6.07, 6.45) is -9.45. The first-order valence-electron chi connectivity index (χ1n) is 6.28. The molecule has 1 rings (SSSR count). The maximum Gasteiger partial charge on any atom is 0.282 e. The van der Waals surface area contributed by atoms with Crippen LogP contribution in [0.5, 0.6) is 0 Å². The Labute approximate surface area is 123 Å². The van der Waals surface area contributed by atoms with Crippen molar-refractivity contribution in [1.82, 2.24) is 0 Å². The number of carbonyl (C=O) groups is 1. The molecule has 7 heteroatoms. The number of rotatable bonds is 7. The summed E-state index contributed by atoms with van der Waals surface area (Å²) in [5.41, 5.74) is 0.336. The molecule has 1 nitrogen and oxygen atoms in total. The highest BCUT2D eigenvalue weighted by Crippen LogP contribution is 2.32. The van der Waals surface area contributed by atoms with Crippen molar-refractivity contribution in [2.45, 2.75) is 37.8 Å². The van der Waals surface area contributed by atoms with Gasteiger partial charge in [0.25, 0.3) is 5.92 Å². The molecular formula is C14H15F5OS. The number of hydrogen-bond donors (Lipinski definition) is 0. The van der Waals surface area contributed by atoms with Crippen LogP contribution in [0.15, 0.2) is 30.3 Å². The molecule has 0 saturated carbocycles. The van der Waals surface area contributed by atoms with E-state index in [4.69, 9.17) is 0 Å². The monoisotopic (exact) mass is 326 g/mol. The van der Waals surface area contributed by atoms with Crippen molar-refractivity contribution in [1.29, 1.82) is 0 Å². The number of hydrogen-bond acceptors (Lipinski definition) is 2. The molecule has 0 heterocycles. The Morgan fingerprint density at radius 1 is 1.19 bits per heavy atom. The molecule has 21 heavy (non-hydrogen) atoms. The van der Waals surface area contributed by atoms with Crippen molar-refractivity contribution in [2.75, 3.05) is 5.75 Å². The Morgan fingerprint density at radius 2 is 1.76 bits per heavy atom. The third-order valence-electron chi connectivity index (χ3n) is 2.80. The van der Waals surface area contributed by atoms with Gasteiger partial charge in [-0.05, 0) is 6.92 Å². The summed E-state index contributed by atoms with van der Waals surface area (Å²) in [6, 6.07) is 7.98. The second-order valence-corrected chi connectivity index (χ2v) is 5.60. The summed E-state index contributed by atoms with van der Waals surface area (Å²) in [6.45, 7) is 0.682. The molecule has 0 aliphatic carbocycles. The van der Waals surface area contributed by atoms with E-state index in [1.165, 1.54) is 12.1 Å². The number of thioether (sulfide) groups is 1. The lowest BCUT2D eigenvalue weighted by molar-refractivity contribution is -0.111. The fourth-order valence-corrected chi connectivity index (χ4v) is 2.40. The van der Waals surface area contributed by atoms with Gasteiger partial charge in [-0.1, -0.05) is 42.1 Å². The number of halogens is 5. The van der Waals surface area contributed by atoms with Crippen molar-refractivity contribution in [3.8, 4) is 0 Å². The summed E-state index contributed by atoms with van der Waals surface area (Å²) in [4.78, 5) is 11.6. The molecule has 1 aromatic rings. The van der Waals surface area contributed by atoms with Crippen LogP contribution in [0.4, 0.5) is 22.0 Å². The van der Waals surface area contributed by atoms with Crippen LogP contribution < -0.4 is 0 Å². The Kier molecular flexibility index (Phi) is 6.64. The van der Waals surface area contributed by atoms with Gasteiger partial charge >= 0.3 is 0 Å². The predicted octanol–water partition coefficient (Wildman–Crippen LogP) is 4.62. The summed E-state index contributed by atoms with van der Waals surface area (Å²) < 4.78 is 65.5. The first kappa shape index (κ1) is 17.9. The van der Waals surface area contributed by atoms with E-state index in [0.717, 1.165) is 0 Å². The van der Waals surface area contributed by atoms with E-state index < -0.39 is 36.0 Å². The first-order valence-corrected chi connectivity index (χ1v) is 7.26. The zero-order chi connectivity index (χ0) is 16.0. The van der Waals surface area contributed by atoms with Gasteiger partial charge in [-0.15, -0.1) is 0 Å². The van der Waals surface area contributed by atoms with Gasteiger partial charge in [-0.25, -0.2) is 22.0 Å². The molecular weight excluding hydrogens is 311 g/mol. The number of alkyl halides is 5. The molecule has 1 aromatic carbocycles. The standard InChI is InChI=1S/C14H15F5OS/c1-9(15)11(16)12(17)14(18,19)7-8-21-13(20)10-5-3-2-4-6-10/h2-6,9,11-12H,7-8H2,1H3. The van der Waals surface area contributed by atoms with Crippen molar-refractivity contribution in [3.05, 3.63) is 35.9 Å². The zero-order valence-corrected chi connectivity index (χ0v) is 12.1. The van der Waals surface area contributed by atoms with E-state index in [0.29, 0.717) is 24.2 Å². The highest BCUT2D eigenvalue weighted by Gasteiger charge is 2.47. The molecule has 0 bridgehead atoms. The summed E-state index contributed by atoms with van der Waals surface area (Å²) >= 11 is 0.592. The Balaban J connectivity index is 2.49. The molecule has 118 valence electrons. The summed E-state index contributed by atoms with van der Waals surface area (Å²) in [5, 5.41) is -0.433. The SMILES string of the molecule is CC(F)C(F)C(F)C(F)(F)CCSC(=O)c1ccccc1. The topological polar surface area (TPSA) is 17.1 Å². The molecule has 0 amide bonds. The van der Waals surface area contributed by atoms with E-state index in [1.54, 1.807) is 18.2 Å². The molecule has 0 radical (unpaired) electrons. The highest BCUT2D eigenvalue weighted by molar-refractivity contribution is 8.14. The van der Waals surface area contributed by atoms with Gasteiger partial charge < -0.3 is 0 Å². The van der Waals surface area contributed by atoms with Crippen LogP contribution >= 0.6 is 11.8 Å². The van der Waals surface area contributed by atoms with E-state index in [9.17, 15) is 26.7 Å². The maximum atomic E-state index is 13.4. The van der Waals surface area contributed by atoms with E-state index in [-0.39, 0.29) is 5.75 Å².